The maximum Gasteiger partial charge on any atom is 0.194 e. The summed E-state index contributed by atoms with van der Waals surface area (Å²) in [5, 5.41) is 3.45. The molecule has 0 bridgehead atoms. The van der Waals surface area contributed by atoms with Gasteiger partial charge < -0.3 is 15.0 Å². The van der Waals surface area contributed by atoms with Crippen LogP contribution in [0.15, 0.2) is 54.1 Å². The summed E-state index contributed by atoms with van der Waals surface area (Å²) < 4.78 is 5.75. The Hall–Kier alpha value is -1.54. The SMILES string of the molecule is C=CCOc1ccccc1CN=C(NCC)N1CCC(N2CC=CC2)C1.I. The number of nitrogens with zero attached hydrogens (tertiary/aromatic N) is 3. The minimum atomic E-state index is 0. The van der Waals surface area contributed by atoms with Crippen molar-refractivity contribution < 1.29 is 4.74 Å². The highest BCUT2D eigenvalue weighted by molar-refractivity contribution is 14.0. The van der Waals surface area contributed by atoms with Crippen LogP contribution in [0.3, 0.4) is 0 Å². The first kappa shape index (κ1) is 21.8. The number of hydrogen-bond donors (Lipinski definition) is 1. The Morgan fingerprint density at radius 2 is 2.11 bits per heavy atom. The number of rotatable bonds is 7. The Kier molecular flexibility index (Phi) is 9.14. The molecule has 0 aromatic heterocycles. The second-order valence-electron chi connectivity index (χ2n) is 6.69. The Labute approximate surface area is 180 Å². The molecular weight excluding hydrogens is 451 g/mol. The molecule has 5 nitrogen and oxygen atoms in total. The molecule has 1 saturated heterocycles. The Morgan fingerprint density at radius 3 is 2.85 bits per heavy atom. The third-order valence-electron chi connectivity index (χ3n) is 4.89. The molecule has 2 aliphatic rings. The van der Waals surface area contributed by atoms with E-state index < -0.39 is 0 Å². The van der Waals surface area contributed by atoms with E-state index in [9.17, 15) is 0 Å². The Balaban J connectivity index is 0.00000261. The summed E-state index contributed by atoms with van der Waals surface area (Å²) >= 11 is 0. The highest BCUT2D eigenvalue weighted by Gasteiger charge is 2.29. The van der Waals surface area contributed by atoms with Gasteiger partial charge in [-0.2, -0.15) is 0 Å². The van der Waals surface area contributed by atoms with Crippen molar-refractivity contribution >= 4 is 29.9 Å². The highest BCUT2D eigenvalue weighted by atomic mass is 127. The number of aliphatic imine (C=N–C) groups is 1. The lowest BCUT2D eigenvalue weighted by atomic mass is 10.2. The lowest BCUT2D eigenvalue weighted by Gasteiger charge is -2.25. The average molecular weight is 482 g/mol. The summed E-state index contributed by atoms with van der Waals surface area (Å²) in [6, 6.07) is 8.72. The monoisotopic (exact) mass is 482 g/mol. The van der Waals surface area contributed by atoms with Crippen LogP contribution in [-0.4, -0.2) is 61.1 Å². The lowest BCUT2D eigenvalue weighted by molar-refractivity contribution is 0.259. The van der Waals surface area contributed by atoms with Gasteiger partial charge in [0, 0.05) is 44.3 Å². The van der Waals surface area contributed by atoms with Crippen LogP contribution in [-0.2, 0) is 6.54 Å². The van der Waals surface area contributed by atoms with Crippen molar-refractivity contribution in [3.63, 3.8) is 0 Å². The molecular formula is C21H31IN4O. The van der Waals surface area contributed by atoms with Crippen LogP contribution in [0.2, 0.25) is 0 Å². The van der Waals surface area contributed by atoms with Gasteiger partial charge in [-0.25, -0.2) is 4.99 Å². The van der Waals surface area contributed by atoms with Crippen molar-refractivity contribution in [3.8, 4) is 5.75 Å². The predicted molar refractivity (Wildman–Crippen MR) is 123 cm³/mol. The lowest BCUT2D eigenvalue weighted by Crippen LogP contribution is -2.42. The van der Waals surface area contributed by atoms with Crippen LogP contribution >= 0.6 is 24.0 Å². The van der Waals surface area contributed by atoms with Gasteiger partial charge >= 0.3 is 0 Å². The number of likely N-dealkylation sites (tertiary alicyclic amines) is 1. The first-order valence-electron chi connectivity index (χ1n) is 9.55. The summed E-state index contributed by atoms with van der Waals surface area (Å²) in [6.07, 6.45) is 7.50. The van der Waals surface area contributed by atoms with Crippen molar-refractivity contribution in [2.45, 2.75) is 25.9 Å². The maximum absolute atomic E-state index is 5.75. The van der Waals surface area contributed by atoms with Crippen molar-refractivity contribution in [1.29, 1.82) is 0 Å². The molecule has 1 unspecified atom stereocenters. The third kappa shape index (κ3) is 5.97. The topological polar surface area (TPSA) is 40.1 Å². The fourth-order valence-corrected chi connectivity index (χ4v) is 3.53. The average Bonchev–Trinajstić information content (AvgIpc) is 3.35. The number of guanidine groups is 1. The van der Waals surface area contributed by atoms with Crippen molar-refractivity contribution in [1.82, 2.24) is 15.1 Å². The first-order valence-corrected chi connectivity index (χ1v) is 9.55. The molecule has 0 spiro atoms. The summed E-state index contributed by atoms with van der Waals surface area (Å²) in [5.41, 5.74) is 1.10. The molecule has 0 saturated carbocycles. The molecule has 1 aromatic carbocycles. The summed E-state index contributed by atoms with van der Waals surface area (Å²) in [7, 11) is 0. The van der Waals surface area contributed by atoms with Crippen molar-refractivity contribution in [3.05, 3.63) is 54.6 Å². The fourth-order valence-electron chi connectivity index (χ4n) is 3.53. The Morgan fingerprint density at radius 1 is 1.33 bits per heavy atom. The second kappa shape index (κ2) is 11.3. The number of hydrogen-bond acceptors (Lipinski definition) is 3. The number of halogens is 1. The van der Waals surface area contributed by atoms with Crippen LogP contribution in [0.1, 0.15) is 18.9 Å². The maximum atomic E-state index is 5.75. The van der Waals surface area contributed by atoms with Gasteiger partial charge in [0.05, 0.1) is 6.54 Å². The molecule has 1 N–H and O–H groups in total. The number of ether oxygens (including phenoxy) is 1. The van der Waals surface area contributed by atoms with Gasteiger partial charge in [-0.1, -0.05) is 43.0 Å². The van der Waals surface area contributed by atoms with Gasteiger partial charge in [-0.15, -0.1) is 24.0 Å². The minimum absolute atomic E-state index is 0. The van der Waals surface area contributed by atoms with Gasteiger partial charge in [0.15, 0.2) is 5.96 Å². The van der Waals surface area contributed by atoms with E-state index in [4.69, 9.17) is 9.73 Å². The molecule has 0 amide bonds. The van der Waals surface area contributed by atoms with E-state index >= 15 is 0 Å². The summed E-state index contributed by atoms with van der Waals surface area (Å²) in [5.74, 6) is 1.88. The second-order valence-corrected chi connectivity index (χ2v) is 6.69. The molecule has 6 heteroatoms. The smallest absolute Gasteiger partial charge is 0.194 e. The molecule has 148 valence electrons. The number of nitrogens with one attached hydrogen (secondary N) is 1. The molecule has 3 rings (SSSR count). The summed E-state index contributed by atoms with van der Waals surface area (Å²) in [6.45, 7) is 12.1. The van der Waals surface area contributed by atoms with Crippen LogP contribution in [0.4, 0.5) is 0 Å². The van der Waals surface area contributed by atoms with Crippen LogP contribution < -0.4 is 10.1 Å². The van der Waals surface area contributed by atoms with E-state index in [0.717, 1.165) is 50.0 Å². The van der Waals surface area contributed by atoms with E-state index in [2.05, 4.69) is 46.8 Å². The van der Waals surface area contributed by atoms with Crippen LogP contribution in [0, 0.1) is 0 Å². The Bertz CT molecular complexity index is 653. The molecule has 2 aliphatic heterocycles. The van der Waals surface area contributed by atoms with Gasteiger partial charge in [-0.05, 0) is 19.4 Å². The van der Waals surface area contributed by atoms with E-state index in [0.29, 0.717) is 19.2 Å². The molecule has 1 fully saturated rings. The first-order chi connectivity index (χ1) is 12.8. The van der Waals surface area contributed by atoms with Gasteiger partial charge in [0.25, 0.3) is 0 Å². The molecule has 2 heterocycles. The zero-order chi connectivity index (χ0) is 18.2. The van der Waals surface area contributed by atoms with E-state index in [1.54, 1.807) is 6.08 Å². The van der Waals surface area contributed by atoms with E-state index in [-0.39, 0.29) is 24.0 Å². The van der Waals surface area contributed by atoms with Crippen molar-refractivity contribution in [2.75, 3.05) is 39.3 Å². The molecule has 0 aliphatic carbocycles. The molecule has 1 atom stereocenters. The third-order valence-corrected chi connectivity index (χ3v) is 4.89. The molecule has 1 aromatic rings. The van der Waals surface area contributed by atoms with Gasteiger partial charge in [0.2, 0.25) is 0 Å². The van der Waals surface area contributed by atoms with Crippen molar-refractivity contribution in [2.24, 2.45) is 4.99 Å². The predicted octanol–water partition coefficient (Wildman–Crippen LogP) is 3.28. The van der Waals surface area contributed by atoms with Crippen LogP contribution in [0.5, 0.6) is 5.75 Å². The van der Waals surface area contributed by atoms with Gasteiger partial charge in [0.1, 0.15) is 12.4 Å². The standard InChI is InChI=1S/C21H30N4O.HI/c1-3-15-26-20-10-6-5-9-18(20)16-23-21(22-4-2)25-14-11-19(17-25)24-12-7-8-13-24;/h3,5-10,19H,1,4,11-17H2,2H3,(H,22,23);1H. The minimum Gasteiger partial charge on any atom is -0.489 e. The molecule has 27 heavy (non-hydrogen) atoms. The normalized spacial score (nSPS) is 19.8. The highest BCUT2D eigenvalue weighted by Crippen LogP contribution is 2.21. The van der Waals surface area contributed by atoms with Gasteiger partial charge in [-0.3, -0.25) is 4.90 Å². The van der Waals surface area contributed by atoms with Crippen LogP contribution in [0.25, 0.3) is 0 Å². The zero-order valence-corrected chi connectivity index (χ0v) is 18.5. The quantitative estimate of drug-likeness (QED) is 0.280. The fraction of sp³-hybridized carbons (Fsp3) is 0.476. The van der Waals surface area contributed by atoms with E-state index in [1.807, 2.05) is 18.2 Å². The van der Waals surface area contributed by atoms with E-state index in [1.165, 1.54) is 6.42 Å². The largest absolute Gasteiger partial charge is 0.489 e. The molecule has 0 radical (unpaired) electrons. The number of para-hydroxylation sites is 1. The number of benzene rings is 1. The summed E-state index contributed by atoms with van der Waals surface area (Å²) in [4.78, 5) is 9.82. The zero-order valence-electron chi connectivity index (χ0n) is 16.1.